The van der Waals surface area contributed by atoms with E-state index in [-0.39, 0.29) is 0 Å². The van der Waals surface area contributed by atoms with Crippen LogP contribution in [0.4, 0.5) is 0 Å². The summed E-state index contributed by atoms with van der Waals surface area (Å²) in [6.45, 7) is 0. The van der Waals surface area contributed by atoms with Gasteiger partial charge in [-0.25, -0.2) is 0 Å². The van der Waals surface area contributed by atoms with Crippen LogP contribution in [0.25, 0.3) is 0 Å². The molecule has 22 heteroatoms. The SMILES string of the molecule is S=S=S=S=[S]=[V].S=S=S=[S]=[V].S=S=[S]=[V].S=[S]=[V].[S]=[V].[S]=[V]. The molecule has 0 saturated heterocycles. The van der Waals surface area contributed by atoms with Crippen LogP contribution < -0.4 is 0 Å². The zero-order chi connectivity index (χ0) is 19.1. The average molecular weight is 819 g/mol. The van der Waals surface area contributed by atoms with Gasteiger partial charge in [0.25, 0.3) is 0 Å². The van der Waals surface area contributed by atoms with Crippen molar-refractivity contribution in [1.29, 1.82) is 0 Å². The third-order valence-corrected chi connectivity index (χ3v) is 16.9. The van der Waals surface area contributed by atoms with Crippen molar-refractivity contribution < 1.29 is 94.3 Å². The molecule has 0 bridgehead atoms. The fourth-order valence-electron chi connectivity index (χ4n) is 0.0362. The molecule has 0 aliphatic heterocycles. The van der Waals surface area contributed by atoms with E-state index >= 15 is 0 Å². The Morgan fingerprint density at radius 2 is 0.727 bits per heavy atom. The van der Waals surface area contributed by atoms with Gasteiger partial charge in [0.1, 0.15) is 0 Å². The molecule has 0 heterocycles. The summed E-state index contributed by atoms with van der Waals surface area (Å²) in [7, 11) is 23.0. The van der Waals surface area contributed by atoms with Gasteiger partial charge < -0.3 is 0 Å². The van der Waals surface area contributed by atoms with Crippen molar-refractivity contribution in [2.24, 2.45) is 0 Å². The predicted octanol–water partition coefficient (Wildman–Crippen LogP) is 1.25. The fourth-order valence-corrected chi connectivity index (χ4v) is 11.1. The molecular weight excluding hydrogens is 819 g/mol. The van der Waals surface area contributed by atoms with Crippen molar-refractivity contribution in [3.8, 4) is 0 Å². The molecule has 0 N–H and O–H groups in total. The molecule has 0 nitrogen and oxygen atoms in total. The van der Waals surface area contributed by atoms with Crippen LogP contribution in [0.15, 0.2) is 0 Å². The number of hydrogen-bond acceptors (Lipinski definition) is 6. The van der Waals surface area contributed by atoms with Crippen molar-refractivity contribution >= 4 is 151 Å². The summed E-state index contributed by atoms with van der Waals surface area (Å²) in [5, 5.41) is 0. The van der Waals surface area contributed by atoms with Crippen LogP contribution in [0, 0.1) is 0 Å². The summed E-state index contributed by atoms with van der Waals surface area (Å²) in [6.07, 6.45) is 0. The Morgan fingerprint density at radius 1 is 0.455 bits per heavy atom. The van der Waals surface area contributed by atoms with E-state index in [0.717, 1.165) is 0 Å². The van der Waals surface area contributed by atoms with Gasteiger partial charge in [0.05, 0.1) is 0 Å². The molecular formula is S16V6. The molecule has 126 valence electrons. The van der Waals surface area contributed by atoms with Crippen LogP contribution in [0.5, 0.6) is 0 Å². The first-order valence-electron chi connectivity index (χ1n) is 2.76. The molecule has 0 aliphatic carbocycles. The van der Waals surface area contributed by atoms with Gasteiger partial charge in [0.2, 0.25) is 0 Å². The van der Waals surface area contributed by atoms with Crippen molar-refractivity contribution in [2.45, 2.75) is 0 Å². The van der Waals surface area contributed by atoms with Crippen LogP contribution in [0.1, 0.15) is 0 Å². The minimum absolute atomic E-state index is 1.27. The molecule has 0 saturated carbocycles. The summed E-state index contributed by atoms with van der Waals surface area (Å²) >= 11 is 30.8. The number of hydrogen-bond donors (Lipinski definition) is 0. The quantitative estimate of drug-likeness (QED) is 0.359. The van der Waals surface area contributed by atoms with E-state index in [1.54, 1.807) is 42.6 Å². The summed E-state index contributed by atoms with van der Waals surface area (Å²) in [5.41, 5.74) is 0. The van der Waals surface area contributed by atoms with Gasteiger partial charge in [-0.05, 0) is 0 Å². The summed E-state index contributed by atoms with van der Waals surface area (Å²) in [6, 6.07) is 0. The van der Waals surface area contributed by atoms with Gasteiger partial charge in [-0.15, -0.1) is 0 Å². The Hall–Kier alpha value is 7.03. The van der Waals surface area contributed by atoms with Gasteiger partial charge in [-0.2, -0.15) is 0 Å². The van der Waals surface area contributed by atoms with E-state index in [2.05, 4.69) is 128 Å². The monoisotopic (exact) mass is 817 g/mol. The van der Waals surface area contributed by atoms with Crippen LogP contribution in [-0.4, -0.2) is 0 Å². The Balaban J connectivity index is -0.0000000368. The maximum atomic E-state index is 4.56. The summed E-state index contributed by atoms with van der Waals surface area (Å²) in [5.74, 6) is 0. The van der Waals surface area contributed by atoms with Gasteiger partial charge in [-0.3, -0.25) is 0 Å². The molecule has 0 amide bonds. The van der Waals surface area contributed by atoms with E-state index < -0.39 is 0 Å². The molecule has 0 aromatic carbocycles. The van der Waals surface area contributed by atoms with Crippen LogP contribution in [0.2, 0.25) is 0 Å². The molecule has 0 atom stereocenters. The van der Waals surface area contributed by atoms with Crippen molar-refractivity contribution in [3.63, 3.8) is 0 Å². The molecule has 0 fully saturated rings. The Bertz CT molecular complexity index is 543. The first-order chi connectivity index (χ1) is 10.7. The van der Waals surface area contributed by atoms with Crippen molar-refractivity contribution in [3.05, 3.63) is 0 Å². The molecule has 0 radical (unpaired) electrons. The van der Waals surface area contributed by atoms with E-state index in [4.69, 9.17) is 0 Å². The molecule has 0 rings (SSSR count). The van der Waals surface area contributed by atoms with E-state index in [1.807, 2.05) is 31.4 Å². The zero-order valence-electron chi connectivity index (χ0n) is 9.22. The zero-order valence-corrected chi connectivity index (χ0v) is 30.7. The topological polar surface area (TPSA) is 0 Å². The first kappa shape index (κ1) is 43.0. The molecule has 0 aromatic rings. The molecule has 0 aliphatic rings. The Labute approximate surface area is 238 Å². The minimum atomic E-state index is 1.27. The second kappa shape index (κ2) is 70.6. The maximum absolute atomic E-state index is 4.56. The van der Waals surface area contributed by atoms with Gasteiger partial charge in [-0.1, -0.05) is 0 Å². The Morgan fingerprint density at radius 3 is 0.773 bits per heavy atom. The van der Waals surface area contributed by atoms with Gasteiger partial charge >= 0.3 is 245 Å². The van der Waals surface area contributed by atoms with Crippen molar-refractivity contribution in [2.75, 3.05) is 0 Å². The van der Waals surface area contributed by atoms with Gasteiger partial charge in [0, 0.05) is 0 Å². The number of rotatable bonds is 0. The molecule has 22 heavy (non-hydrogen) atoms. The van der Waals surface area contributed by atoms with E-state index in [0.29, 0.717) is 0 Å². The average Bonchev–Trinajstić information content (AvgIpc) is 2.59. The third-order valence-electron chi connectivity index (χ3n) is 0.175. The van der Waals surface area contributed by atoms with Crippen LogP contribution in [-0.2, 0) is 224 Å². The molecule has 0 unspecified atom stereocenters. The molecule has 0 aromatic heterocycles. The second-order valence-corrected chi connectivity index (χ2v) is 22.1. The van der Waals surface area contributed by atoms with Crippen molar-refractivity contribution in [1.82, 2.24) is 0 Å². The fraction of sp³-hybridized carbons (Fsp3) is 0. The normalized spacial score (nSPS) is 4.45. The summed E-state index contributed by atoms with van der Waals surface area (Å²) < 4.78 is 0. The predicted molar refractivity (Wildman–Crippen MR) is 118 cm³/mol. The second-order valence-electron chi connectivity index (χ2n) is 0.706. The standard InChI is InChI=1S/S5.S4.S3.S2.2S.6V/c1-3-5-4-2;1-3-4-2;1-3-2;1-2;;;;;;;;. The van der Waals surface area contributed by atoms with E-state index in [1.165, 1.54) is 42.6 Å². The van der Waals surface area contributed by atoms with Gasteiger partial charge in [0.15, 0.2) is 0 Å². The molecule has 0 spiro atoms. The summed E-state index contributed by atoms with van der Waals surface area (Å²) in [4.78, 5) is 0. The third kappa shape index (κ3) is 108. The van der Waals surface area contributed by atoms with Crippen LogP contribution in [0.3, 0.4) is 0 Å². The Kier molecular flexibility index (Phi) is 138. The van der Waals surface area contributed by atoms with E-state index in [9.17, 15) is 0 Å². The first-order valence-corrected chi connectivity index (χ1v) is 28.5. The van der Waals surface area contributed by atoms with Crippen LogP contribution >= 0.6 is 20.6 Å².